The van der Waals surface area contributed by atoms with Crippen molar-refractivity contribution in [2.45, 2.75) is 45.1 Å². The average molecular weight is 398 g/mol. The zero-order valence-electron chi connectivity index (χ0n) is 16.2. The lowest BCUT2D eigenvalue weighted by atomic mass is 10.2. The van der Waals surface area contributed by atoms with Crippen LogP contribution in [0.1, 0.15) is 39.0 Å². The summed E-state index contributed by atoms with van der Waals surface area (Å²) in [5.41, 5.74) is 0. The van der Waals surface area contributed by atoms with Crippen LogP contribution in [-0.4, -0.2) is 75.4 Å². The summed E-state index contributed by atoms with van der Waals surface area (Å²) in [6.07, 6.45) is 3.10. The van der Waals surface area contributed by atoms with Crippen LogP contribution in [0, 0.1) is 0 Å². The van der Waals surface area contributed by atoms with Crippen LogP contribution in [-0.2, 0) is 32.7 Å². The van der Waals surface area contributed by atoms with Gasteiger partial charge in [0.25, 0.3) is 6.47 Å². The summed E-state index contributed by atoms with van der Waals surface area (Å²) in [4.78, 5) is 31.8. The van der Waals surface area contributed by atoms with E-state index in [1.807, 2.05) is 21.1 Å². The molecule has 0 aliphatic heterocycles. The maximum atomic E-state index is 11.8. The second-order valence-electron chi connectivity index (χ2n) is 6.96. The van der Waals surface area contributed by atoms with Crippen LogP contribution < -0.4 is 0 Å². The molecule has 0 aromatic carbocycles. The lowest BCUT2D eigenvalue weighted by molar-refractivity contribution is -0.870. The largest absolute Gasteiger partial charge is 0.472 e. The van der Waals surface area contributed by atoms with Crippen LogP contribution >= 0.6 is 7.82 Å². The zero-order valence-corrected chi connectivity index (χ0v) is 17.1. The number of phosphoric acid groups is 1. The molecule has 0 saturated heterocycles. The first-order chi connectivity index (χ1) is 12.1. The molecule has 9 nitrogen and oxygen atoms in total. The van der Waals surface area contributed by atoms with Gasteiger partial charge in [0.15, 0.2) is 6.10 Å². The van der Waals surface area contributed by atoms with E-state index in [0.29, 0.717) is 11.0 Å². The average Bonchev–Trinajstić information content (AvgIpc) is 2.53. The molecule has 1 N–H and O–H groups in total. The van der Waals surface area contributed by atoms with Gasteiger partial charge in [-0.1, -0.05) is 26.2 Å². The van der Waals surface area contributed by atoms with E-state index in [1.165, 1.54) is 0 Å². The molecule has 0 fully saturated rings. The Morgan fingerprint density at radius 3 is 2.42 bits per heavy atom. The summed E-state index contributed by atoms with van der Waals surface area (Å²) in [5, 5.41) is 0. The Hall–Kier alpha value is -0.990. The summed E-state index contributed by atoms with van der Waals surface area (Å²) < 4.78 is 31.8. The minimum absolute atomic E-state index is 0.0310. The van der Waals surface area contributed by atoms with Gasteiger partial charge in [-0.3, -0.25) is 18.6 Å². The standard InChI is InChI=1S/C16H32NO8P/c1-5-6-7-8-9-16(19)22-12-15(23-14-18)13-25-26(20,21)24-11-10-17(2,3)4/h14-15H,5-13H2,1-4H3/p+1/t15-/m0/s1. The van der Waals surface area contributed by atoms with Crippen LogP contribution in [0.5, 0.6) is 0 Å². The van der Waals surface area contributed by atoms with Gasteiger partial charge < -0.3 is 18.9 Å². The van der Waals surface area contributed by atoms with Gasteiger partial charge in [-0.2, -0.15) is 0 Å². The Kier molecular flexibility index (Phi) is 12.7. The van der Waals surface area contributed by atoms with Gasteiger partial charge in [-0.05, 0) is 6.42 Å². The second-order valence-corrected chi connectivity index (χ2v) is 8.41. The van der Waals surface area contributed by atoms with Gasteiger partial charge in [0.05, 0.1) is 27.7 Å². The second kappa shape index (κ2) is 13.2. The fourth-order valence-corrected chi connectivity index (χ4v) is 2.55. The van der Waals surface area contributed by atoms with Crippen molar-refractivity contribution >= 4 is 20.3 Å². The lowest BCUT2D eigenvalue weighted by Gasteiger charge is -2.24. The number of phosphoric ester groups is 1. The molecule has 0 rings (SSSR count). The van der Waals surface area contributed by atoms with Crippen molar-refractivity contribution < 1.29 is 42.1 Å². The Labute approximate surface area is 155 Å². The summed E-state index contributed by atoms with van der Waals surface area (Å²) in [6, 6.07) is 0. The molecule has 0 amide bonds. The van der Waals surface area contributed by atoms with E-state index >= 15 is 0 Å². The molecule has 0 bridgehead atoms. The maximum Gasteiger partial charge on any atom is 0.472 e. The van der Waals surface area contributed by atoms with Crippen molar-refractivity contribution in [2.75, 3.05) is 47.5 Å². The van der Waals surface area contributed by atoms with Crippen molar-refractivity contribution in [3.8, 4) is 0 Å². The van der Waals surface area contributed by atoms with E-state index in [0.717, 1.165) is 25.7 Å². The van der Waals surface area contributed by atoms with Crippen LogP contribution in [0.15, 0.2) is 0 Å². The minimum atomic E-state index is -4.28. The minimum Gasteiger partial charge on any atom is -0.462 e. The number of hydrogen-bond donors (Lipinski definition) is 1. The summed E-state index contributed by atoms with van der Waals surface area (Å²) in [7, 11) is 1.47. The molecular weight excluding hydrogens is 365 g/mol. The van der Waals surface area contributed by atoms with Gasteiger partial charge in [0, 0.05) is 6.42 Å². The van der Waals surface area contributed by atoms with E-state index in [1.54, 1.807) is 0 Å². The molecular formula is C16H33NO8P+. The Balaban J connectivity index is 4.18. The molecule has 0 heterocycles. The number of carbonyl (C=O) groups is 2. The zero-order chi connectivity index (χ0) is 20.1. The highest BCUT2D eigenvalue weighted by molar-refractivity contribution is 7.47. The summed E-state index contributed by atoms with van der Waals surface area (Å²) >= 11 is 0. The molecule has 0 aromatic rings. The van der Waals surface area contributed by atoms with Gasteiger partial charge in [-0.15, -0.1) is 0 Å². The molecule has 0 saturated carbocycles. The third kappa shape index (κ3) is 15.3. The molecule has 154 valence electrons. The number of unbranched alkanes of at least 4 members (excludes halogenated alkanes) is 3. The first-order valence-corrected chi connectivity index (χ1v) is 10.3. The number of carbonyl (C=O) groups excluding carboxylic acids is 2. The number of hydrogen-bond acceptors (Lipinski definition) is 7. The molecule has 10 heteroatoms. The fraction of sp³-hybridized carbons (Fsp3) is 0.875. The normalized spacial score (nSPS) is 15.1. The lowest BCUT2D eigenvalue weighted by Crippen LogP contribution is -2.37. The van der Waals surface area contributed by atoms with Crippen molar-refractivity contribution in [1.29, 1.82) is 0 Å². The van der Waals surface area contributed by atoms with Crippen molar-refractivity contribution in [1.82, 2.24) is 0 Å². The van der Waals surface area contributed by atoms with E-state index in [-0.39, 0.29) is 26.1 Å². The highest BCUT2D eigenvalue weighted by Gasteiger charge is 2.25. The third-order valence-corrected chi connectivity index (χ3v) is 4.34. The Morgan fingerprint density at radius 2 is 1.85 bits per heavy atom. The number of rotatable bonds is 16. The van der Waals surface area contributed by atoms with Crippen LogP contribution in [0.3, 0.4) is 0 Å². The summed E-state index contributed by atoms with van der Waals surface area (Å²) in [5.74, 6) is -0.410. The first-order valence-electron chi connectivity index (χ1n) is 8.76. The Bertz CT molecular complexity index is 452. The van der Waals surface area contributed by atoms with Crippen molar-refractivity contribution in [3.63, 3.8) is 0 Å². The molecule has 2 atom stereocenters. The number of ether oxygens (including phenoxy) is 2. The van der Waals surface area contributed by atoms with Crippen LogP contribution in [0.2, 0.25) is 0 Å². The highest BCUT2D eigenvalue weighted by Crippen LogP contribution is 2.43. The van der Waals surface area contributed by atoms with Crippen LogP contribution in [0.4, 0.5) is 0 Å². The van der Waals surface area contributed by atoms with E-state index in [9.17, 15) is 19.0 Å². The first kappa shape index (κ1) is 25.0. The van der Waals surface area contributed by atoms with Crippen LogP contribution in [0.25, 0.3) is 0 Å². The number of quaternary nitrogens is 1. The molecule has 26 heavy (non-hydrogen) atoms. The van der Waals surface area contributed by atoms with Gasteiger partial charge in [-0.25, -0.2) is 4.57 Å². The summed E-state index contributed by atoms with van der Waals surface area (Å²) in [6.45, 7) is 2.13. The van der Waals surface area contributed by atoms with Gasteiger partial charge in [0.1, 0.15) is 19.8 Å². The predicted octanol–water partition coefficient (Wildman–Crippen LogP) is 1.88. The highest BCUT2D eigenvalue weighted by atomic mass is 31.2. The molecule has 0 radical (unpaired) electrons. The number of likely N-dealkylation sites (N-methyl/N-ethyl adjacent to an activating group) is 1. The van der Waals surface area contributed by atoms with Gasteiger partial charge >= 0.3 is 13.8 Å². The van der Waals surface area contributed by atoms with Crippen molar-refractivity contribution in [3.05, 3.63) is 0 Å². The van der Waals surface area contributed by atoms with Crippen molar-refractivity contribution in [2.24, 2.45) is 0 Å². The Morgan fingerprint density at radius 1 is 1.15 bits per heavy atom. The smallest absolute Gasteiger partial charge is 0.462 e. The monoisotopic (exact) mass is 398 g/mol. The van der Waals surface area contributed by atoms with Gasteiger partial charge in [0.2, 0.25) is 0 Å². The number of esters is 1. The molecule has 1 unspecified atom stereocenters. The predicted molar refractivity (Wildman–Crippen MR) is 95.3 cm³/mol. The number of nitrogens with zero attached hydrogens (tertiary/aromatic N) is 1. The third-order valence-electron chi connectivity index (χ3n) is 3.35. The molecule has 0 aromatic heterocycles. The van der Waals surface area contributed by atoms with E-state index < -0.39 is 26.5 Å². The molecule has 0 aliphatic carbocycles. The quantitative estimate of drug-likeness (QED) is 0.138. The topological polar surface area (TPSA) is 108 Å². The van der Waals surface area contributed by atoms with E-state index in [4.69, 9.17) is 18.5 Å². The SMILES string of the molecule is CCCCCCC(=O)OC[C@@H](COP(=O)(O)OCC[N+](C)(C)C)OC=O. The maximum absolute atomic E-state index is 11.8. The molecule has 0 aliphatic rings. The fourth-order valence-electron chi connectivity index (χ4n) is 1.80. The van der Waals surface area contributed by atoms with E-state index in [2.05, 4.69) is 6.92 Å². The molecule has 0 spiro atoms.